The number of amides is 2. The molecule has 1 aliphatic rings. The van der Waals surface area contributed by atoms with Crippen LogP contribution in [-0.4, -0.2) is 48.1 Å². The van der Waals surface area contributed by atoms with E-state index in [2.05, 4.69) is 5.32 Å². The van der Waals surface area contributed by atoms with Crippen LogP contribution >= 0.6 is 0 Å². The van der Waals surface area contributed by atoms with Gasteiger partial charge in [-0.25, -0.2) is 0 Å². The zero-order valence-corrected chi connectivity index (χ0v) is 14.1. The van der Waals surface area contributed by atoms with E-state index in [0.717, 1.165) is 12.1 Å². The number of β-amino-alcohol motifs (C(OH)–C–C–N with tert-alkyl or cyclic N) is 1. The molecule has 2 amide bonds. The number of carbonyl (C=O) groups is 2. The zero-order chi connectivity index (χ0) is 18.8. The normalized spacial score (nSPS) is 20.6. The molecule has 0 radical (unpaired) electrons. The number of aliphatic hydroxyl groups is 1. The second-order valence-electron chi connectivity index (χ2n) is 6.32. The third-order valence-corrected chi connectivity index (χ3v) is 4.50. The highest BCUT2D eigenvalue weighted by Gasteiger charge is 2.35. The number of aliphatic hydroxyl groups excluding tert-OH is 1. The second kappa shape index (κ2) is 7.43. The van der Waals surface area contributed by atoms with Gasteiger partial charge in [0.25, 0.3) is 0 Å². The molecule has 25 heavy (non-hydrogen) atoms. The Balaban J connectivity index is 2.02. The summed E-state index contributed by atoms with van der Waals surface area (Å²) in [5.41, 5.74) is 0.163. The monoisotopic (exact) mass is 358 g/mol. The van der Waals surface area contributed by atoms with E-state index in [1.165, 1.54) is 24.9 Å². The minimum atomic E-state index is -4.42. The first-order chi connectivity index (χ1) is 11.6. The van der Waals surface area contributed by atoms with E-state index >= 15 is 0 Å². The molecule has 1 aliphatic heterocycles. The molecule has 5 nitrogen and oxygen atoms in total. The maximum absolute atomic E-state index is 12.7. The Labute approximate surface area is 143 Å². The van der Waals surface area contributed by atoms with Gasteiger partial charge in [-0.15, -0.1) is 0 Å². The fourth-order valence-corrected chi connectivity index (χ4v) is 2.94. The number of likely N-dealkylation sites (tertiary alicyclic amines) is 1. The zero-order valence-electron chi connectivity index (χ0n) is 14.1. The first-order valence-electron chi connectivity index (χ1n) is 7.95. The van der Waals surface area contributed by atoms with Crippen LogP contribution in [0.25, 0.3) is 0 Å². The van der Waals surface area contributed by atoms with Crippen LogP contribution in [0.4, 0.5) is 13.2 Å². The van der Waals surface area contributed by atoms with Crippen LogP contribution < -0.4 is 5.32 Å². The minimum absolute atomic E-state index is 0.0383. The smallest absolute Gasteiger partial charge is 0.391 e. The van der Waals surface area contributed by atoms with Gasteiger partial charge in [-0.1, -0.05) is 6.07 Å². The summed E-state index contributed by atoms with van der Waals surface area (Å²) in [5.74, 6) is -0.823. The van der Waals surface area contributed by atoms with E-state index < -0.39 is 17.8 Å². The molecule has 1 aromatic carbocycles. The highest BCUT2D eigenvalue weighted by molar-refractivity contribution is 5.80. The molecule has 138 valence electrons. The number of aryl methyl sites for hydroxylation is 1. The maximum atomic E-state index is 12.7. The third-order valence-electron chi connectivity index (χ3n) is 4.50. The molecular formula is C17H21F3N2O3. The van der Waals surface area contributed by atoms with E-state index in [-0.39, 0.29) is 43.7 Å². The number of nitrogens with one attached hydrogen (secondary N) is 1. The Morgan fingerprint density at radius 2 is 2.00 bits per heavy atom. The van der Waals surface area contributed by atoms with E-state index in [1.54, 1.807) is 0 Å². The SMILES string of the molecule is CNC(=O)C[C@@H]1CN(C(=O)Cc2ccc(C(F)(F)F)cc2C)C[C@H]1O. The molecule has 2 N–H and O–H groups in total. The lowest BCUT2D eigenvalue weighted by Gasteiger charge is -2.17. The predicted molar refractivity (Wildman–Crippen MR) is 84.6 cm³/mol. The van der Waals surface area contributed by atoms with E-state index in [4.69, 9.17) is 0 Å². The van der Waals surface area contributed by atoms with Gasteiger partial charge in [-0.05, 0) is 30.2 Å². The Morgan fingerprint density at radius 3 is 2.56 bits per heavy atom. The van der Waals surface area contributed by atoms with Crippen LogP contribution in [0.5, 0.6) is 0 Å². The first kappa shape index (κ1) is 19.2. The number of halogens is 3. The van der Waals surface area contributed by atoms with Crippen molar-refractivity contribution in [2.24, 2.45) is 5.92 Å². The van der Waals surface area contributed by atoms with Gasteiger partial charge < -0.3 is 15.3 Å². The molecule has 0 spiro atoms. The molecule has 2 rings (SSSR count). The third kappa shape index (κ3) is 4.72. The van der Waals surface area contributed by atoms with Gasteiger partial charge in [0, 0.05) is 32.5 Å². The fourth-order valence-electron chi connectivity index (χ4n) is 2.94. The Hall–Kier alpha value is -2.09. The van der Waals surface area contributed by atoms with Gasteiger partial charge >= 0.3 is 6.18 Å². The average molecular weight is 358 g/mol. The molecule has 0 aliphatic carbocycles. The number of rotatable bonds is 4. The Bertz CT molecular complexity index is 661. The van der Waals surface area contributed by atoms with Crippen molar-refractivity contribution >= 4 is 11.8 Å². The quantitative estimate of drug-likeness (QED) is 0.857. The Kier molecular flexibility index (Phi) is 5.72. The van der Waals surface area contributed by atoms with Crippen molar-refractivity contribution in [3.05, 3.63) is 34.9 Å². The summed E-state index contributed by atoms with van der Waals surface area (Å²) in [6, 6.07) is 3.29. The van der Waals surface area contributed by atoms with Crippen LogP contribution in [0.15, 0.2) is 18.2 Å². The van der Waals surface area contributed by atoms with Crippen LogP contribution in [-0.2, 0) is 22.2 Å². The van der Waals surface area contributed by atoms with Gasteiger partial charge in [0.05, 0.1) is 18.1 Å². The van der Waals surface area contributed by atoms with Crippen molar-refractivity contribution in [1.29, 1.82) is 0 Å². The number of hydrogen-bond acceptors (Lipinski definition) is 3. The van der Waals surface area contributed by atoms with Crippen LogP contribution in [0, 0.1) is 12.8 Å². The number of benzene rings is 1. The van der Waals surface area contributed by atoms with E-state index in [1.807, 2.05) is 0 Å². The first-order valence-corrected chi connectivity index (χ1v) is 7.95. The van der Waals surface area contributed by atoms with Crippen LogP contribution in [0.2, 0.25) is 0 Å². The van der Waals surface area contributed by atoms with Gasteiger partial charge in [-0.3, -0.25) is 9.59 Å². The van der Waals surface area contributed by atoms with Crippen molar-refractivity contribution in [3.63, 3.8) is 0 Å². The van der Waals surface area contributed by atoms with Crippen molar-refractivity contribution in [1.82, 2.24) is 10.2 Å². The number of alkyl halides is 3. The summed E-state index contributed by atoms with van der Waals surface area (Å²) >= 11 is 0. The van der Waals surface area contributed by atoms with Crippen LogP contribution in [0.1, 0.15) is 23.1 Å². The highest BCUT2D eigenvalue weighted by atomic mass is 19.4. The van der Waals surface area contributed by atoms with Gasteiger partial charge in [0.1, 0.15) is 0 Å². The summed E-state index contributed by atoms with van der Waals surface area (Å²) in [4.78, 5) is 25.3. The molecule has 0 saturated carbocycles. The maximum Gasteiger partial charge on any atom is 0.416 e. The molecular weight excluding hydrogens is 337 g/mol. The highest BCUT2D eigenvalue weighted by Crippen LogP contribution is 2.30. The summed E-state index contributed by atoms with van der Waals surface area (Å²) in [7, 11) is 1.50. The molecule has 0 bridgehead atoms. The minimum Gasteiger partial charge on any atom is -0.391 e. The molecule has 0 unspecified atom stereocenters. The predicted octanol–water partition coefficient (Wildman–Crippen LogP) is 1.51. The largest absolute Gasteiger partial charge is 0.416 e. The molecule has 0 aromatic heterocycles. The lowest BCUT2D eigenvalue weighted by Crippen LogP contribution is -2.31. The van der Waals surface area contributed by atoms with Crippen molar-refractivity contribution in [2.75, 3.05) is 20.1 Å². The number of carbonyl (C=O) groups excluding carboxylic acids is 2. The molecule has 1 fully saturated rings. The lowest BCUT2D eigenvalue weighted by molar-refractivity contribution is -0.137. The standard InChI is InChI=1S/C17H21F3N2O3/c1-10-5-13(17(18,19)20)4-3-11(10)7-16(25)22-8-12(14(23)9-22)6-15(24)21-2/h3-5,12,14,23H,6-9H2,1-2H3,(H,21,24)/t12-,14-/m1/s1. The number of hydrogen-bond donors (Lipinski definition) is 2. The lowest BCUT2D eigenvalue weighted by atomic mass is 10.0. The van der Waals surface area contributed by atoms with Crippen molar-refractivity contribution in [2.45, 2.75) is 32.0 Å². The number of nitrogens with zero attached hydrogens (tertiary/aromatic N) is 1. The summed E-state index contributed by atoms with van der Waals surface area (Å²) in [5, 5.41) is 12.5. The van der Waals surface area contributed by atoms with Gasteiger partial charge in [-0.2, -0.15) is 13.2 Å². The average Bonchev–Trinajstić information content (AvgIpc) is 2.89. The summed E-state index contributed by atoms with van der Waals surface area (Å²) in [6.07, 6.45) is -5.11. The van der Waals surface area contributed by atoms with Gasteiger partial charge in [0.2, 0.25) is 11.8 Å². The fraction of sp³-hybridized carbons (Fsp3) is 0.529. The summed E-state index contributed by atoms with van der Waals surface area (Å²) in [6.45, 7) is 1.92. The van der Waals surface area contributed by atoms with Crippen molar-refractivity contribution < 1.29 is 27.9 Å². The summed E-state index contributed by atoms with van der Waals surface area (Å²) < 4.78 is 38.1. The molecule has 2 atom stereocenters. The topological polar surface area (TPSA) is 69.6 Å². The van der Waals surface area contributed by atoms with Crippen LogP contribution in [0.3, 0.4) is 0 Å². The van der Waals surface area contributed by atoms with E-state index in [9.17, 15) is 27.9 Å². The molecule has 8 heteroatoms. The van der Waals surface area contributed by atoms with E-state index in [0.29, 0.717) is 11.1 Å². The Morgan fingerprint density at radius 1 is 1.32 bits per heavy atom. The molecule has 1 saturated heterocycles. The van der Waals surface area contributed by atoms with Gasteiger partial charge in [0.15, 0.2) is 0 Å². The molecule has 1 aromatic rings. The molecule has 1 heterocycles. The second-order valence-corrected chi connectivity index (χ2v) is 6.32. The van der Waals surface area contributed by atoms with Crippen molar-refractivity contribution in [3.8, 4) is 0 Å².